The molecule has 0 aliphatic rings. The van der Waals surface area contributed by atoms with Crippen LogP contribution in [0.15, 0.2) is 24.3 Å². The molecule has 1 rings (SSSR count). The van der Waals surface area contributed by atoms with E-state index in [4.69, 9.17) is 11.6 Å². The maximum Gasteiger partial charge on any atom is 0.0626 e. The average Bonchev–Trinajstić information content (AvgIpc) is 2.26. The van der Waals surface area contributed by atoms with Crippen molar-refractivity contribution in [2.24, 2.45) is 0 Å². The minimum absolute atomic E-state index is 0.0165. The molecule has 1 atom stereocenters. The topological polar surface area (TPSA) is 35.5 Å². The number of rotatable bonds is 6. The van der Waals surface area contributed by atoms with Crippen molar-refractivity contribution in [2.75, 3.05) is 33.8 Å². The van der Waals surface area contributed by atoms with Crippen LogP contribution in [0.1, 0.15) is 11.6 Å². The highest BCUT2D eigenvalue weighted by molar-refractivity contribution is 6.30. The first-order valence-electron chi connectivity index (χ1n) is 5.38. The van der Waals surface area contributed by atoms with Gasteiger partial charge in [-0.3, -0.25) is 0 Å². The highest BCUT2D eigenvalue weighted by Gasteiger charge is 2.08. The van der Waals surface area contributed by atoms with E-state index in [9.17, 15) is 5.11 Å². The third-order valence-corrected chi connectivity index (χ3v) is 2.66. The van der Waals surface area contributed by atoms with Gasteiger partial charge in [0.25, 0.3) is 0 Å². The number of nitrogens with one attached hydrogen (secondary N) is 1. The van der Waals surface area contributed by atoms with Gasteiger partial charge in [-0.05, 0) is 31.8 Å². The van der Waals surface area contributed by atoms with Crippen LogP contribution in [0.5, 0.6) is 0 Å². The van der Waals surface area contributed by atoms with Crippen molar-refractivity contribution in [3.63, 3.8) is 0 Å². The lowest BCUT2D eigenvalue weighted by Gasteiger charge is -2.18. The predicted molar refractivity (Wildman–Crippen MR) is 67.8 cm³/mol. The fourth-order valence-electron chi connectivity index (χ4n) is 1.45. The van der Waals surface area contributed by atoms with Crippen LogP contribution in [0.25, 0.3) is 0 Å². The van der Waals surface area contributed by atoms with Crippen molar-refractivity contribution in [2.45, 2.75) is 6.04 Å². The Balaban J connectivity index is 2.50. The van der Waals surface area contributed by atoms with E-state index in [1.165, 1.54) is 0 Å². The average molecular weight is 243 g/mol. The molecule has 0 amide bonds. The zero-order valence-corrected chi connectivity index (χ0v) is 10.5. The maximum atomic E-state index is 9.30. The molecule has 0 radical (unpaired) electrons. The lowest BCUT2D eigenvalue weighted by molar-refractivity contribution is 0.240. The van der Waals surface area contributed by atoms with Gasteiger partial charge in [-0.15, -0.1) is 0 Å². The summed E-state index contributed by atoms with van der Waals surface area (Å²) in [5.41, 5.74) is 1.06. The summed E-state index contributed by atoms with van der Waals surface area (Å²) in [7, 11) is 4.05. The van der Waals surface area contributed by atoms with Crippen molar-refractivity contribution < 1.29 is 5.11 Å². The normalized spacial score (nSPS) is 13.1. The molecule has 0 bridgehead atoms. The molecule has 0 saturated carbocycles. The first-order valence-corrected chi connectivity index (χ1v) is 5.75. The Bertz CT molecular complexity index is 300. The van der Waals surface area contributed by atoms with Crippen molar-refractivity contribution in [3.8, 4) is 0 Å². The number of aliphatic hydroxyl groups excluding tert-OH is 1. The van der Waals surface area contributed by atoms with Gasteiger partial charge in [0.1, 0.15) is 0 Å². The molecule has 0 aliphatic carbocycles. The molecule has 3 nitrogen and oxygen atoms in total. The van der Waals surface area contributed by atoms with Crippen molar-refractivity contribution in [1.82, 2.24) is 10.2 Å². The molecule has 1 unspecified atom stereocenters. The molecule has 4 heteroatoms. The zero-order valence-electron chi connectivity index (χ0n) is 9.78. The summed E-state index contributed by atoms with van der Waals surface area (Å²) in [6.45, 7) is 1.89. The first-order chi connectivity index (χ1) is 7.63. The number of hydrogen-bond acceptors (Lipinski definition) is 3. The van der Waals surface area contributed by atoms with Crippen LogP contribution in [0.3, 0.4) is 0 Å². The second kappa shape index (κ2) is 6.86. The van der Waals surface area contributed by atoms with Crippen LogP contribution in [0, 0.1) is 0 Å². The van der Waals surface area contributed by atoms with Crippen LogP contribution >= 0.6 is 11.6 Å². The number of hydrogen-bond donors (Lipinski definition) is 2. The van der Waals surface area contributed by atoms with Crippen molar-refractivity contribution in [3.05, 3.63) is 34.9 Å². The molecule has 1 aromatic rings. The van der Waals surface area contributed by atoms with Gasteiger partial charge in [0.2, 0.25) is 0 Å². The monoisotopic (exact) mass is 242 g/mol. The Labute approximate surface area is 102 Å². The van der Waals surface area contributed by atoms with Gasteiger partial charge in [-0.1, -0.05) is 23.7 Å². The molecular formula is C12H19ClN2O. The van der Waals surface area contributed by atoms with E-state index >= 15 is 0 Å². The molecule has 0 spiro atoms. The Morgan fingerprint density at radius 1 is 1.31 bits per heavy atom. The number of aliphatic hydroxyl groups is 1. The van der Waals surface area contributed by atoms with Crippen molar-refractivity contribution in [1.29, 1.82) is 0 Å². The van der Waals surface area contributed by atoms with Crippen molar-refractivity contribution >= 4 is 11.6 Å². The minimum Gasteiger partial charge on any atom is -0.394 e. The van der Waals surface area contributed by atoms with Crippen LogP contribution in [-0.4, -0.2) is 43.8 Å². The maximum absolute atomic E-state index is 9.30. The lowest BCUT2D eigenvalue weighted by atomic mass is 10.1. The third-order valence-electron chi connectivity index (χ3n) is 2.40. The Hall–Kier alpha value is -0.610. The van der Waals surface area contributed by atoms with E-state index in [-0.39, 0.29) is 12.6 Å². The molecule has 0 aliphatic heterocycles. The highest BCUT2D eigenvalue weighted by atomic mass is 35.5. The van der Waals surface area contributed by atoms with E-state index in [0.29, 0.717) is 5.02 Å². The summed E-state index contributed by atoms with van der Waals surface area (Å²) in [6.07, 6.45) is 0. The third kappa shape index (κ3) is 4.49. The quantitative estimate of drug-likeness (QED) is 0.794. The summed E-state index contributed by atoms with van der Waals surface area (Å²) in [5.74, 6) is 0. The summed E-state index contributed by atoms with van der Waals surface area (Å²) >= 11 is 5.82. The standard InChI is InChI=1S/C12H19ClN2O/c1-15(2)8-7-14-12(9-16)10-3-5-11(13)6-4-10/h3-6,12,14,16H,7-9H2,1-2H3. The van der Waals surface area contributed by atoms with Crippen LogP contribution in [0.4, 0.5) is 0 Å². The summed E-state index contributed by atoms with van der Waals surface area (Å²) in [4.78, 5) is 2.10. The molecule has 0 aromatic heterocycles. The number of nitrogens with zero attached hydrogens (tertiary/aromatic N) is 1. The summed E-state index contributed by atoms with van der Waals surface area (Å²) in [6, 6.07) is 7.54. The summed E-state index contributed by atoms with van der Waals surface area (Å²) in [5, 5.41) is 13.3. The van der Waals surface area contributed by atoms with Gasteiger partial charge < -0.3 is 15.3 Å². The molecule has 90 valence electrons. The number of benzene rings is 1. The van der Waals surface area contributed by atoms with Gasteiger partial charge in [0, 0.05) is 18.1 Å². The molecule has 0 fully saturated rings. The second-order valence-corrected chi connectivity index (χ2v) is 4.48. The Morgan fingerprint density at radius 3 is 2.44 bits per heavy atom. The van der Waals surface area contributed by atoms with Gasteiger partial charge in [0.15, 0.2) is 0 Å². The fourth-order valence-corrected chi connectivity index (χ4v) is 1.57. The van der Waals surface area contributed by atoms with Gasteiger partial charge in [0.05, 0.1) is 12.6 Å². The predicted octanol–water partition coefficient (Wildman–Crippen LogP) is 1.52. The van der Waals surface area contributed by atoms with E-state index in [2.05, 4.69) is 10.2 Å². The zero-order chi connectivity index (χ0) is 12.0. The van der Waals surface area contributed by atoms with Gasteiger partial charge >= 0.3 is 0 Å². The van der Waals surface area contributed by atoms with Crippen LogP contribution < -0.4 is 5.32 Å². The molecular weight excluding hydrogens is 224 g/mol. The molecule has 1 aromatic carbocycles. The molecule has 0 heterocycles. The first kappa shape index (κ1) is 13.5. The smallest absolute Gasteiger partial charge is 0.0626 e. The second-order valence-electron chi connectivity index (χ2n) is 4.04. The van der Waals surface area contributed by atoms with Gasteiger partial charge in [-0.25, -0.2) is 0 Å². The highest BCUT2D eigenvalue weighted by Crippen LogP contribution is 2.15. The van der Waals surface area contributed by atoms with E-state index in [0.717, 1.165) is 18.7 Å². The van der Waals surface area contributed by atoms with Crippen LogP contribution in [-0.2, 0) is 0 Å². The van der Waals surface area contributed by atoms with E-state index in [1.54, 1.807) is 0 Å². The fraction of sp³-hybridized carbons (Fsp3) is 0.500. The Kier molecular flexibility index (Phi) is 5.77. The minimum atomic E-state index is -0.0165. The molecule has 2 N–H and O–H groups in total. The summed E-state index contributed by atoms with van der Waals surface area (Å²) < 4.78 is 0. The van der Waals surface area contributed by atoms with E-state index in [1.807, 2.05) is 38.4 Å². The van der Waals surface area contributed by atoms with Crippen LogP contribution in [0.2, 0.25) is 5.02 Å². The SMILES string of the molecule is CN(C)CCNC(CO)c1ccc(Cl)cc1. The number of halogens is 1. The van der Waals surface area contributed by atoms with Gasteiger partial charge in [-0.2, -0.15) is 0 Å². The molecule has 0 saturated heterocycles. The lowest BCUT2D eigenvalue weighted by Crippen LogP contribution is -2.31. The Morgan fingerprint density at radius 2 is 1.94 bits per heavy atom. The number of likely N-dealkylation sites (N-methyl/N-ethyl adjacent to an activating group) is 1. The largest absolute Gasteiger partial charge is 0.394 e. The van der Waals surface area contributed by atoms with E-state index < -0.39 is 0 Å². The molecule has 16 heavy (non-hydrogen) atoms.